The zero-order valence-corrected chi connectivity index (χ0v) is 19.6. The summed E-state index contributed by atoms with van der Waals surface area (Å²) in [5.41, 5.74) is 3.95. The molecule has 0 amide bonds. The Bertz CT molecular complexity index is 1490. The van der Waals surface area contributed by atoms with Crippen LogP contribution in [0.2, 0.25) is 0 Å². The van der Waals surface area contributed by atoms with E-state index in [0.717, 1.165) is 38.0 Å². The normalized spacial score (nSPS) is 16.0. The summed E-state index contributed by atoms with van der Waals surface area (Å²) in [4.78, 5) is 29.5. The van der Waals surface area contributed by atoms with Crippen molar-refractivity contribution in [1.29, 1.82) is 0 Å². The number of ether oxygens (including phenoxy) is 1. The van der Waals surface area contributed by atoms with E-state index < -0.39 is 0 Å². The molecule has 9 nitrogen and oxygen atoms in total. The molecular weight excluding hydrogens is 442 g/mol. The lowest BCUT2D eigenvalue weighted by Gasteiger charge is -2.25. The fourth-order valence-electron chi connectivity index (χ4n) is 4.66. The second-order valence-corrected chi connectivity index (χ2v) is 9.02. The molecule has 0 aliphatic carbocycles. The number of hydrogen-bond donors (Lipinski definition) is 1. The minimum atomic E-state index is -0.154. The van der Waals surface area contributed by atoms with Gasteiger partial charge in [-0.3, -0.25) is 4.79 Å². The number of nitrogens with zero attached hydrogens (tertiary/aromatic N) is 6. The van der Waals surface area contributed by atoms with Crippen molar-refractivity contribution in [2.45, 2.75) is 32.4 Å². The van der Waals surface area contributed by atoms with Gasteiger partial charge in [-0.2, -0.15) is 9.97 Å². The Kier molecular flexibility index (Phi) is 5.54. The average molecular weight is 470 g/mol. The number of rotatable bonds is 2. The molecule has 6 rings (SSSR count). The van der Waals surface area contributed by atoms with E-state index in [2.05, 4.69) is 51.5 Å². The van der Waals surface area contributed by atoms with Crippen LogP contribution < -0.4 is 15.6 Å². The van der Waals surface area contributed by atoms with E-state index in [4.69, 9.17) is 9.72 Å². The summed E-state index contributed by atoms with van der Waals surface area (Å²) in [5.74, 6) is 1.53. The largest absolute Gasteiger partial charge is 0.478 e. The van der Waals surface area contributed by atoms with Gasteiger partial charge in [0, 0.05) is 31.0 Å². The molecule has 0 unspecified atom stereocenters. The molecule has 2 aliphatic rings. The van der Waals surface area contributed by atoms with Crippen molar-refractivity contribution in [3.8, 4) is 11.7 Å². The molecule has 0 atom stereocenters. The molecule has 3 aromatic heterocycles. The van der Waals surface area contributed by atoms with Crippen LogP contribution in [0.3, 0.4) is 0 Å². The van der Waals surface area contributed by atoms with Crippen LogP contribution in [0.25, 0.3) is 16.9 Å². The van der Waals surface area contributed by atoms with E-state index in [0.29, 0.717) is 41.8 Å². The highest BCUT2D eigenvalue weighted by Gasteiger charge is 2.19. The Hall–Kier alpha value is -3.98. The Morgan fingerprint density at radius 3 is 2.97 bits per heavy atom. The minimum Gasteiger partial charge on any atom is -0.478 e. The maximum absolute atomic E-state index is 13.3. The summed E-state index contributed by atoms with van der Waals surface area (Å²) in [6.45, 7) is 3.00. The predicted molar refractivity (Wildman–Crippen MR) is 135 cm³/mol. The van der Waals surface area contributed by atoms with Crippen molar-refractivity contribution in [1.82, 2.24) is 29.2 Å². The van der Waals surface area contributed by atoms with Crippen LogP contribution in [0.5, 0.6) is 5.88 Å². The number of aromatic nitrogens is 5. The maximum atomic E-state index is 13.3. The molecule has 0 saturated carbocycles. The Balaban J connectivity index is 1.44. The first kappa shape index (κ1) is 21.5. The minimum absolute atomic E-state index is 0.154. The standard InChI is InChI=1S/C26H27N7O2/c1-31-13-11-18-9-10-20(15-19(18)17-31)28-26-27-16-21-24(30-26)33-22-7-6-8-23(29-22)35-14-5-3-2-4-12-32(33)25(21)34/h2,4,6-10,15-16H,3,5,11-14,17H2,1H3,(H,27,28,30). The third-order valence-corrected chi connectivity index (χ3v) is 6.48. The van der Waals surface area contributed by atoms with Gasteiger partial charge in [0.1, 0.15) is 5.39 Å². The maximum Gasteiger partial charge on any atom is 0.278 e. The third-order valence-electron chi connectivity index (χ3n) is 6.48. The van der Waals surface area contributed by atoms with E-state index in [9.17, 15) is 4.79 Å². The summed E-state index contributed by atoms with van der Waals surface area (Å²) in [6, 6.07) is 11.9. The van der Waals surface area contributed by atoms with E-state index in [-0.39, 0.29) is 5.56 Å². The lowest BCUT2D eigenvalue weighted by Crippen LogP contribution is -2.26. The summed E-state index contributed by atoms with van der Waals surface area (Å²) in [7, 11) is 2.13. The van der Waals surface area contributed by atoms with Gasteiger partial charge in [0.2, 0.25) is 11.8 Å². The second-order valence-electron chi connectivity index (χ2n) is 9.02. The Labute approximate surface area is 202 Å². The zero-order valence-electron chi connectivity index (χ0n) is 19.6. The highest BCUT2D eigenvalue weighted by Crippen LogP contribution is 2.24. The summed E-state index contributed by atoms with van der Waals surface area (Å²) in [6.07, 6.45) is 8.48. The van der Waals surface area contributed by atoms with E-state index in [1.54, 1.807) is 15.6 Å². The monoisotopic (exact) mass is 469 g/mol. The molecule has 0 radical (unpaired) electrons. The van der Waals surface area contributed by atoms with Crippen molar-refractivity contribution < 1.29 is 4.74 Å². The van der Waals surface area contributed by atoms with E-state index >= 15 is 0 Å². The molecule has 5 heterocycles. The highest BCUT2D eigenvalue weighted by molar-refractivity contribution is 5.77. The smallest absolute Gasteiger partial charge is 0.278 e. The fraction of sp³-hybridized carbons (Fsp3) is 0.308. The van der Waals surface area contributed by atoms with Crippen LogP contribution in [0.15, 0.2) is 59.5 Å². The van der Waals surface area contributed by atoms with Crippen LogP contribution in [0.1, 0.15) is 24.0 Å². The number of fused-ring (bicyclic) bond motifs is 7. The van der Waals surface area contributed by atoms with Gasteiger partial charge in [-0.25, -0.2) is 14.3 Å². The van der Waals surface area contributed by atoms with Gasteiger partial charge in [-0.1, -0.05) is 24.3 Å². The van der Waals surface area contributed by atoms with Gasteiger partial charge < -0.3 is 15.0 Å². The van der Waals surface area contributed by atoms with Gasteiger partial charge in [0.05, 0.1) is 13.2 Å². The van der Waals surface area contributed by atoms with Crippen LogP contribution >= 0.6 is 0 Å². The summed E-state index contributed by atoms with van der Waals surface area (Å²) in [5, 5.41) is 3.77. The SMILES string of the molecule is CN1CCc2ccc(Nc3ncc4c(=O)n5n(c4n3)-c3cccc(n3)OCCCC=CC5)cc2C1. The first-order valence-electron chi connectivity index (χ1n) is 12.0. The van der Waals surface area contributed by atoms with E-state index in [1.165, 1.54) is 11.1 Å². The quantitative estimate of drug-likeness (QED) is 0.450. The molecule has 4 aromatic rings. The molecule has 35 heavy (non-hydrogen) atoms. The van der Waals surface area contributed by atoms with Crippen LogP contribution in [-0.4, -0.2) is 49.4 Å². The lowest BCUT2D eigenvalue weighted by atomic mass is 9.99. The van der Waals surface area contributed by atoms with Crippen LogP contribution in [0.4, 0.5) is 11.6 Å². The van der Waals surface area contributed by atoms with Crippen molar-refractivity contribution in [3.63, 3.8) is 0 Å². The highest BCUT2D eigenvalue weighted by atomic mass is 16.5. The van der Waals surface area contributed by atoms with Gasteiger partial charge in [-0.15, -0.1) is 0 Å². The fourth-order valence-corrected chi connectivity index (χ4v) is 4.66. The number of anilines is 2. The topological polar surface area (TPSA) is 90.1 Å². The number of pyridine rings is 1. The lowest BCUT2D eigenvalue weighted by molar-refractivity contribution is 0.299. The predicted octanol–water partition coefficient (Wildman–Crippen LogP) is 3.44. The first-order chi connectivity index (χ1) is 17.2. The molecule has 0 fully saturated rings. The molecular formula is C26H27N7O2. The second kappa shape index (κ2) is 8.99. The molecule has 1 aromatic carbocycles. The van der Waals surface area contributed by atoms with Crippen molar-refractivity contribution in [2.24, 2.45) is 0 Å². The number of benzene rings is 1. The van der Waals surface area contributed by atoms with Crippen molar-refractivity contribution in [3.05, 3.63) is 76.2 Å². The number of allylic oxidation sites excluding steroid dienone is 2. The summed E-state index contributed by atoms with van der Waals surface area (Å²) < 4.78 is 9.21. The third kappa shape index (κ3) is 4.19. The summed E-state index contributed by atoms with van der Waals surface area (Å²) >= 11 is 0. The van der Waals surface area contributed by atoms with Crippen LogP contribution in [-0.2, 0) is 19.5 Å². The average Bonchev–Trinajstić information content (AvgIpc) is 3.13. The van der Waals surface area contributed by atoms with Crippen LogP contribution in [0, 0.1) is 0 Å². The molecule has 0 spiro atoms. The molecule has 1 N–H and O–H groups in total. The zero-order chi connectivity index (χ0) is 23.8. The van der Waals surface area contributed by atoms with Gasteiger partial charge in [-0.05, 0) is 55.6 Å². The van der Waals surface area contributed by atoms with Gasteiger partial charge >= 0.3 is 0 Å². The molecule has 9 heteroatoms. The van der Waals surface area contributed by atoms with Gasteiger partial charge in [0.15, 0.2) is 11.5 Å². The Morgan fingerprint density at radius 2 is 2.03 bits per heavy atom. The van der Waals surface area contributed by atoms with E-state index in [1.807, 2.05) is 24.3 Å². The van der Waals surface area contributed by atoms with Gasteiger partial charge in [0.25, 0.3) is 5.56 Å². The molecule has 2 bridgehead atoms. The van der Waals surface area contributed by atoms with Crippen molar-refractivity contribution in [2.75, 3.05) is 25.5 Å². The number of hydrogen-bond acceptors (Lipinski definition) is 7. The molecule has 0 saturated heterocycles. The Morgan fingerprint density at radius 1 is 1.09 bits per heavy atom. The number of likely N-dealkylation sites (N-methyl/N-ethyl adjacent to an activating group) is 1. The first-order valence-corrected chi connectivity index (χ1v) is 12.0. The number of nitrogens with one attached hydrogen (secondary N) is 1. The molecule has 2 aliphatic heterocycles. The molecule has 178 valence electrons. The van der Waals surface area contributed by atoms with Crippen molar-refractivity contribution >= 4 is 22.7 Å².